The number of aliphatic hydroxyl groups excluding tert-OH is 2. The summed E-state index contributed by atoms with van der Waals surface area (Å²) in [6, 6.07) is 22.6. The highest BCUT2D eigenvalue weighted by Crippen LogP contribution is 2.36. The molecule has 6 N–H and O–H groups in total. The fourth-order valence-corrected chi connectivity index (χ4v) is 6.48. The maximum absolute atomic E-state index is 12.6. The maximum Gasteiger partial charge on any atom is 0.269 e. The Morgan fingerprint density at radius 2 is 1.24 bits per heavy atom. The fourth-order valence-electron chi connectivity index (χ4n) is 6.07. The Hall–Kier alpha value is -7.54. The minimum absolute atomic E-state index is 0.242. The minimum atomic E-state index is -1.08. The number of benzene rings is 4. The van der Waals surface area contributed by atoms with Crippen molar-refractivity contribution >= 4 is 57.8 Å². The van der Waals surface area contributed by atoms with Crippen LogP contribution in [0.5, 0.6) is 0 Å². The molecule has 17 nitrogen and oxygen atoms in total. The van der Waals surface area contributed by atoms with Crippen LogP contribution in [0.2, 0.25) is 10.0 Å². The largest absolute Gasteiger partial charge is 0.418 e. The quantitative estimate of drug-likeness (QED) is 0.0513. The molecule has 7 rings (SSSR count). The number of halogens is 2. The monoisotopic (exact) mass is 886 g/mol. The van der Waals surface area contributed by atoms with Crippen LogP contribution in [-0.2, 0) is 4.79 Å². The van der Waals surface area contributed by atoms with Crippen LogP contribution in [-0.4, -0.2) is 70.0 Å². The van der Waals surface area contributed by atoms with Gasteiger partial charge in [-0.15, -0.1) is 10.2 Å². The molecule has 0 fully saturated rings. The molecule has 63 heavy (non-hydrogen) atoms. The van der Waals surface area contributed by atoms with E-state index in [1.54, 1.807) is 97.3 Å². The van der Waals surface area contributed by atoms with Crippen molar-refractivity contribution in [3.8, 4) is 22.8 Å². The van der Waals surface area contributed by atoms with Crippen molar-refractivity contribution in [1.29, 1.82) is 0 Å². The van der Waals surface area contributed by atoms with Crippen LogP contribution in [0, 0.1) is 27.0 Å². The van der Waals surface area contributed by atoms with Gasteiger partial charge in [-0.2, -0.15) is 10.2 Å². The summed E-state index contributed by atoms with van der Waals surface area (Å²) < 4.78 is 9.27. The van der Waals surface area contributed by atoms with Crippen molar-refractivity contribution in [2.24, 2.45) is 0 Å². The van der Waals surface area contributed by atoms with Gasteiger partial charge in [0.1, 0.15) is 12.1 Å². The summed E-state index contributed by atoms with van der Waals surface area (Å²) >= 11 is 12.4. The van der Waals surface area contributed by atoms with E-state index in [4.69, 9.17) is 40.8 Å². The van der Waals surface area contributed by atoms with Gasteiger partial charge >= 0.3 is 0 Å². The SMILES string of the molecule is [C-]#[N+]c1ccc(N[C@@H](C(=O)NNC(=O)c2ccc(-n3cccn3)cc2)[C@H](C)O)c(C)c1Cl.[C-]#[N+]c1ccc(N[C@@H](c2nnc(-c3ccc(-n4cccn4)cc3)o2)[C@H](C)O)c(C)c1Cl. The van der Waals surface area contributed by atoms with E-state index in [1.807, 2.05) is 36.5 Å². The first-order chi connectivity index (χ1) is 30.3. The van der Waals surface area contributed by atoms with Crippen LogP contribution >= 0.6 is 23.2 Å². The summed E-state index contributed by atoms with van der Waals surface area (Å²) in [7, 11) is 0. The zero-order valence-corrected chi connectivity index (χ0v) is 35.7. The van der Waals surface area contributed by atoms with Crippen molar-refractivity contribution in [2.75, 3.05) is 10.6 Å². The maximum atomic E-state index is 12.6. The van der Waals surface area contributed by atoms with Crippen LogP contribution < -0.4 is 21.5 Å². The number of hydrogen-bond donors (Lipinski definition) is 6. The summed E-state index contributed by atoms with van der Waals surface area (Å²) in [5.41, 5.74) is 10.5. The first-order valence-electron chi connectivity index (χ1n) is 19.2. The van der Waals surface area contributed by atoms with Crippen molar-refractivity contribution in [1.82, 2.24) is 40.6 Å². The van der Waals surface area contributed by atoms with Crippen molar-refractivity contribution in [3.63, 3.8) is 0 Å². The average molecular weight is 888 g/mol. The molecule has 320 valence electrons. The Bertz CT molecular complexity index is 2760. The van der Waals surface area contributed by atoms with Crippen molar-refractivity contribution in [3.05, 3.63) is 165 Å². The highest BCUT2D eigenvalue weighted by molar-refractivity contribution is 6.35. The molecule has 0 aliphatic heterocycles. The fraction of sp³-hybridized carbons (Fsp3) is 0.182. The van der Waals surface area contributed by atoms with E-state index in [9.17, 15) is 19.8 Å². The second-order valence-electron chi connectivity index (χ2n) is 14.0. The predicted octanol–water partition coefficient (Wildman–Crippen LogP) is 7.98. The van der Waals surface area contributed by atoms with Gasteiger partial charge < -0.3 is 25.3 Å². The van der Waals surface area contributed by atoms with Gasteiger partial charge in [-0.1, -0.05) is 35.3 Å². The molecular weight excluding hydrogens is 847 g/mol. The Morgan fingerprint density at radius 1 is 0.714 bits per heavy atom. The number of amides is 2. The summed E-state index contributed by atoms with van der Waals surface area (Å²) in [4.78, 5) is 31.7. The lowest BCUT2D eigenvalue weighted by Crippen LogP contribution is -2.52. The molecular formula is C44H40Cl2N12O5. The second kappa shape index (κ2) is 20.3. The highest BCUT2D eigenvalue weighted by atomic mass is 35.5. The number of aliphatic hydroxyl groups is 2. The van der Waals surface area contributed by atoms with Crippen LogP contribution in [0.25, 0.3) is 32.5 Å². The third-order valence-electron chi connectivity index (χ3n) is 9.63. The lowest BCUT2D eigenvalue weighted by atomic mass is 10.1. The molecule has 19 heteroatoms. The number of anilines is 2. The summed E-state index contributed by atoms with van der Waals surface area (Å²) in [6.07, 6.45) is 5.09. The van der Waals surface area contributed by atoms with Crippen LogP contribution in [0.3, 0.4) is 0 Å². The molecule has 0 aliphatic carbocycles. The van der Waals surface area contributed by atoms with Crippen molar-refractivity contribution in [2.45, 2.75) is 52.0 Å². The van der Waals surface area contributed by atoms with E-state index in [0.29, 0.717) is 50.4 Å². The molecule has 0 bridgehead atoms. The summed E-state index contributed by atoms with van der Waals surface area (Å²) in [5, 5.41) is 43.7. The Labute approximate surface area is 371 Å². The normalized spacial score (nSPS) is 12.6. The number of rotatable bonds is 12. The van der Waals surface area contributed by atoms with E-state index in [-0.39, 0.29) is 10.9 Å². The molecule has 4 aromatic carbocycles. The van der Waals surface area contributed by atoms with E-state index in [1.165, 1.54) is 13.0 Å². The Kier molecular flexibility index (Phi) is 14.5. The summed E-state index contributed by atoms with van der Waals surface area (Å²) in [6.45, 7) is 20.9. The molecule has 0 spiro atoms. The first-order valence-corrected chi connectivity index (χ1v) is 19.9. The van der Waals surface area contributed by atoms with Gasteiger partial charge in [0.15, 0.2) is 0 Å². The predicted molar refractivity (Wildman–Crippen MR) is 238 cm³/mol. The number of carbonyl (C=O) groups is 2. The van der Waals surface area contributed by atoms with Gasteiger partial charge in [-0.3, -0.25) is 20.4 Å². The number of hydrogen-bond acceptors (Lipinski definition) is 11. The zero-order valence-electron chi connectivity index (χ0n) is 34.2. The number of hydrazine groups is 1. The number of carbonyl (C=O) groups excluding carboxylic acids is 2. The van der Waals surface area contributed by atoms with Gasteiger partial charge in [0.05, 0.1) is 46.8 Å². The Balaban J connectivity index is 0.000000210. The molecule has 3 heterocycles. The van der Waals surface area contributed by atoms with Gasteiger partial charge in [0, 0.05) is 47.3 Å². The second-order valence-corrected chi connectivity index (χ2v) is 14.7. The zero-order chi connectivity index (χ0) is 45.2. The van der Waals surface area contributed by atoms with E-state index < -0.39 is 36.1 Å². The molecule has 0 saturated carbocycles. The number of aromatic nitrogens is 6. The van der Waals surface area contributed by atoms with Gasteiger partial charge in [-0.25, -0.2) is 19.1 Å². The number of nitrogens with one attached hydrogen (secondary N) is 4. The van der Waals surface area contributed by atoms with Crippen LogP contribution in [0.1, 0.15) is 47.3 Å². The van der Waals surface area contributed by atoms with Crippen molar-refractivity contribution < 1.29 is 24.2 Å². The molecule has 0 unspecified atom stereocenters. The van der Waals surface area contributed by atoms with E-state index in [0.717, 1.165) is 16.9 Å². The molecule has 2 amide bonds. The summed E-state index contributed by atoms with van der Waals surface area (Å²) in [5.74, 6) is -0.583. The average Bonchev–Trinajstić information content (AvgIpc) is 4.12. The lowest BCUT2D eigenvalue weighted by molar-refractivity contribution is -0.124. The molecule has 7 aromatic rings. The van der Waals surface area contributed by atoms with Gasteiger partial charge in [0.25, 0.3) is 11.8 Å². The smallest absolute Gasteiger partial charge is 0.269 e. The van der Waals surface area contributed by atoms with Crippen LogP contribution in [0.4, 0.5) is 22.7 Å². The lowest BCUT2D eigenvalue weighted by Gasteiger charge is -2.23. The van der Waals surface area contributed by atoms with Gasteiger partial charge in [0.2, 0.25) is 23.2 Å². The standard InChI is InChI=1S/C22H21ClN6O3.C22H19ClN6O2/c1-13-17(9-10-18(24-3)19(13)23)26-20(14(2)30)22(32)28-27-21(31)15-5-7-16(8-6-15)29-12-4-11-25-29;1-13-17(9-10-18(24-3)19(13)23)26-20(14(2)30)22-28-27-21(31-22)15-5-7-16(8-6-15)29-12-4-11-25-29/h4-12,14,20,26,30H,1-2H3,(H,27,31)(H,28,32);4-12,14,20,26,30H,1-2H3/t2*14-,20+/m00/s1. The molecule has 0 aliphatic rings. The minimum Gasteiger partial charge on any atom is -0.418 e. The molecule has 0 saturated heterocycles. The topological polar surface area (TPSA) is 206 Å². The van der Waals surface area contributed by atoms with E-state index in [2.05, 4.69) is 51.6 Å². The molecule has 4 atom stereocenters. The number of nitrogens with zero attached hydrogens (tertiary/aromatic N) is 8. The molecule has 0 radical (unpaired) electrons. The Morgan fingerprint density at radius 3 is 1.71 bits per heavy atom. The first kappa shape index (κ1) is 45.0. The van der Waals surface area contributed by atoms with E-state index >= 15 is 0 Å². The third-order valence-corrected chi connectivity index (χ3v) is 10.6. The van der Waals surface area contributed by atoms with Crippen LogP contribution in [0.15, 0.2) is 114 Å². The van der Waals surface area contributed by atoms with Gasteiger partial charge in [-0.05, 0) is 112 Å². The molecule has 3 aromatic heterocycles. The highest BCUT2D eigenvalue weighted by Gasteiger charge is 2.27. The third kappa shape index (κ3) is 10.7.